The van der Waals surface area contributed by atoms with Gasteiger partial charge in [-0.1, -0.05) is 6.92 Å². The van der Waals surface area contributed by atoms with Crippen molar-refractivity contribution in [3.63, 3.8) is 0 Å². The van der Waals surface area contributed by atoms with Gasteiger partial charge >= 0.3 is 0 Å². The Hall–Kier alpha value is -2.10. The van der Waals surface area contributed by atoms with Crippen molar-refractivity contribution in [1.82, 2.24) is 9.97 Å². The van der Waals surface area contributed by atoms with Crippen LogP contribution in [-0.4, -0.2) is 24.1 Å². The molecule has 2 N–H and O–H groups in total. The zero-order valence-corrected chi connectivity index (χ0v) is 11.0. The van der Waals surface area contributed by atoms with Gasteiger partial charge in [0.05, 0.1) is 0 Å². The number of hydrogen-bond donors (Lipinski definition) is 1. The summed E-state index contributed by atoms with van der Waals surface area (Å²) in [5, 5.41) is 0. The lowest BCUT2D eigenvalue weighted by Crippen LogP contribution is -2.08. The standard InChI is InChI=1S/C14H18N4/c1-4-11-9-13(15)17-14(16-11)10-5-7-12(8-6-10)18(2)3/h5-9H,4H2,1-3H3,(H2,15,16,17). The van der Waals surface area contributed by atoms with Gasteiger partial charge in [-0.25, -0.2) is 9.97 Å². The molecule has 0 fully saturated rings. The molecule has 1 aromatic carbocycles. The summed E-state index contributed by atoms with van der Waals surface area (Å²) >= 11 is 0. The highest BCUT2D eigenvalue weighted by Gasteiger charge is 2.05. The van der Waals surface area contributed by atoms with E-state index >= 15 is 0 Å². The number of nitrogens with two attached hydrogens (primary N) is 1. The molecule has 0 aliphatic rings. The van der Waals surface area contributed by atoms with Gasteiger partial charge in [-0.2, -0.15) is 0 Å². The highest BCUT2D eigenvalue weighted by molar-refractivity contribution is 5.61. The number of aromatic nitrogens is 2. The van der Waals surface area contributed by atoms with Crippen LogP contribution in [0, 0.1) is 0 Å². The predicted octanol–water partition coefficient (Wildman–Crippen LogP) is 2.35. The summed E-state index contributed by atoms with van der Waals surface area (Å²) in [4.78, 5) is 10.8. The van der Waals surface area contributed by atoms with Gasteiger partial charge < -0.3 is 10.6 Å². The molecule has 4 heteroatoms. The number of nitrogens with zero attached hydrogens (tertiary/aromatic N) is 3. The van der Waals surface area contributed by atoms with Crippen LogP contribution in [0.25, 0.3) is 11.4 Å². The molecule has 94 valence electrons. The molecular formula is C14H18N4. The van der Waals surface area contributed by atoms with Crippen LogP contribution in [0.4, 0.5) is 11.5 Å². The first kappa shape index (κ1) is 12.4. The van der Waals surface area contributed by atoms with Gasteiger partial charge in [0.2, 0.25) is 0 Å². The molecule has 2 rings (SSSR count). The molecule has 2 aromatic rings. The molecule has 0 spiro atoms. The van der Waals surface area contributed by atoms with Gasteiger partial charge in [0.15, 0.2) is 5.82 Å². The molecule has 0 unspecified atom stereocenters. The second-order valence-corrected chi connectivity index (χ2v) is 4.40. The summed E-state index contributed by atoms with van der Waals surface area (Å²) in [5.74, 6) is 1.21. The van der Waals surface area contributed by atoms with Gasteiger partial charge in [-0.3, -0.25) is 0 Å². The van der Waals surface area contributed by atoms with Crippen LogP contribution < -0.4 is 10.6 Å². The van der Waals surface area contributed by atoms with Crippen molar-refractivity contribution in [3.05, 3.63) is 36.0 Å². The lowest BCUT2D eigenvalue weighted by atomic mass is 10.2. The molecule has 0 aliphatic carbocycles. The first-order valence-corrected chi connectivity index (χ1v) is 6.01. The van der Waals surface area contributed by atoms with Crippen LogP contribution >= 0.6 is 0 Å². The van der Waals surface area contributed by atoms with Gasteiger partial charge in [-0.15, -0.1) is 0 Å². The largest absolute Gasteiger partial charge is 0.384 e. The quantitative estimate of drug-likeness (QED) is 0.897. The molecular weight excluding hydrogens is 224 g/mol. The Balaban J connectivity index is 2.39. The van der Waals surface area contributed by atoms with E-state index in [4.69, 9.17) is 5.73 Å². The Labute approximate surface area is 107 Å². The maximum Gasteiger partial charge on any atom is 0.161 e. The van der Waals surface area contributed by atoms with Crippen molar-refractivity contribution in [1.29, 1.82) is 0 Å². The SMILES string of the molecule is CCc1cc(N)nc(-c2ccc(N(C)C)cc2)n1. The summed E-state index contributed by atoms with van der Waals surface area (Å²) in [6.07, 6.45) is 0.857. The van der Waals surface area contributed by atoms with Crippen LogP contribution in [0.5, 0.6) is 0 Å². The number of rotatable bonds is 3. The predicted molar refractivity (Wildman–Crippen MR) is 75.6 cm³/mol. The third kappa shape index (κ3) is 2.59. The Morgan fingerprint density at radius 3 is 2.33 bits per heavy atom. The first-order chi connectivity index (χ1) is 8.60. The summed E-state index contributed by atoms with van der Waals surface area (Å²) in [6, 6.07) is 9.95. The fourth-order valence-corrected chi connectivity index (χ4v) is 1.74. The Bertz CT molecular complexity index is 532. The summed E-state index contributed by atoms with van der Waals surface area (Å²) < 4.78 is 0. The van der Waals surface area contributed by atoms with E-state index in [1.165, 1.54) is 0 Å². The zero-order chi connectivity index (χ0) is 13.1. The molecule has 18 heavy (non-hydrogen) atoms. The summed E-state index contributed by atoms with van der Waals surface area (Å²) in [5.41, 5.74) is 8.90. The van der Waals surface area contributed by atoms with Gasteiger partial charge in [0, 0.05) is 37.1 Å². The maximum absolute atomic E-state index is 5.79. The summed E-state index contributed by atoms with van der Waals surface area (Å²) in [7, 11) is 4.03. The molecule has 0 aliphatic heterocycles. The van der Waals surface area contributed by atoms with Crippen molar-refractivity contribution in [3.8, 4) is 11.4 Å². The molecule has 0 saturated heterocycles. The third-order valence-electron chi connectivity index (χ3n) is 2.80. The highest BCUT2D eigenvalue weighted by atomic mass is 15.1. The van der Waals surface area contributed by atoms with Crippen LogP contribution in [0.2, 0.25) is 0 Å². The number of benzene rings is 1. The van der Waals surface area contributed by atoms with Crippen LogP contribution in [0.3, 0.4) is 0 Å². The van der Waals surface area contributed by atoms with Crippen molar-refractivity contribution >= 4 is 11.5 Å². The molecule has 1 aromatic heterocycles. The minimum absolute atomic E-state index is 0.522. The molecule has 0 bridgehead atoms. The van der Waals surface area contributed by atoms with E-state index in [1.54, 1.807) is 0 Å². The van der Waals surface area contributed by atoms with Crippen molar-refractivity contribution in [2.45, 2.75) is 13.3 Å². The fourth-order valence-electron chi connectivity index (χ4n) is 1.74. The van der Waals surface area contributed by atoms with Crippen LogP contribution in [0.15, 0.2) is 30.3 Å². The topological polar surface area (TPSA) is 55.0 Å². The minimum Gasteiger partial charge on any atom is -0.384 e. The Kier molecular flexibility index (Phi) is 3.46. The molecule has 4 nitrogen and oxygen atoms in total. The van der Waals surface area contributed by atoms with Crippen molar-refractivity contribution < 1.29 is 0 Å². The number of nitrogen functional groups attached to an aromatic ring is 1. The van der Waals surface area contributed by atoms with Crippen LogP contribution in [0.1, 0.15) is 12.6 Å². The van der Waals surface area contributed by atoms with Gasteiger partial charge in [-0.05, 0) is 30.7 Å². The maximum atomic E-state index is 5.79. The third-order valence-corrected chi connectivity index (χ3v) is 2.80. The minimum atomic E-state index is 0.522. The molecule has 0 amide bonds. The van der Waals surface area contributed by atoms with Crippen molar-refractivity contribution in [2.24, 2.45) is 0 Å². The lowest BCUT2D eigenvalue weighted by Gasteiger charge is -2.12. The molecule has 0 saturated carbocycles. The number of hydrogen-bond acceptors (Lipinski definition) is 4. The van der Waals surface area contributed by atoms with Crippen molar-refractivity contribution in [2.75, 3.05) is 24.7 Å². The number of aryl methyl sites for hydroxylation is 1. The molecule has 0 atom stereocenters. The smallest absolute Gasteiger partial charge is 0.161 e. The van der Waals surface area contributed by atoms with Gasteiger partial charge in [0.1, 0.15) is 5.82 Å². The van der Waals surface area contributed by atoms with E-state index < -0.39 is 0 Å². The van der Waals surface area contributed by atoms with Crippen LogP contribution in [-0.2, 0) is 6.42 Å². The van der Waals surface area contributed by atoms with E-state index in [0.29, 0.717) is 11.6 Å². The zero-order valence-electron chi connectivity index (χ0n) is 11.0. The second kappa shape index (κ2) is 5.04. The van der Waals surface area contributed by atoms with E-state index in [2.05, 4.69) is 21.8 Å². The Morgan fingerprint density at radius 2 is 1.78 bits per heavy atom. The summed E-state index contributed by atoms with van der Waals surface area (Å²) in [6.45, 7) is 2.06. The van der Waals surface area contributed by atoms with E-state index in [-0.39, 0.29) is 0 Å². The lowest BCUT2D eigenvalue weighted by molar-refractivity contribution is 1.01. The highest BCUT2D eigenvalue weighted by Crippen LogP contribution is 2.20. The molecule has 1 heterocycles. The van der Waals surface area contributed by atoms with E-state index in [1.807, 2.05) is 44.4 Å². The normalized spacial score (nSPS) is 10.4. The molecule has 0 radical (unpaired) electrons. The average molecular weight is 242 g/mol. The Morgan fingerprint density at radius 1 is 1.11 bits per heavy atom. The average Bonchev–Trinajstić information content (AvgIpc) is 2.38. The van der Waals surface area contributed by atoms with E-state index in [0.717, 1.165) is 23.4 Å². The van der Waals surface area contributed by atoms with E-state index in [9.17, 15) is 0 Å². The van der Waals surface area contributed by atoms with Gasteiger partial charge in [0.25, 0.3) is 0 Å². The number of anilines is 2. The first-order valence-electron chi connectivity index (χ1n) is 6.01. The monoisotopic (exact) mass is 242 g/mol. The fraction of sp³-hybridized carbons (Fsp3) is 0.286. The second-order valence-electron chi connectivity index (χ2n) is 4.40.